The molecule has 0 aromatic carbocycles. The van der Waals surface area contributed by atoms with Gasteiger partial charge in [0.2, 0.25) is 0 Å². The molecule has 0 amide bonds. The number of carboxylic acids is 1. The molecule has 0 spiro atoms. The maximum Gasteiger partial charge on any atom is 1.00 e. The minimum atomic E-state index is -1.63. The summed E-state index contributed by atoms with van der Waals surface area (Å²) in [4.78, 5) is 22.6. The fourth-order valence-corrected chi connectivity index (χ4v) is 2.94. The maximum absolute atomic E-state index is 11.6. The maximum atomic E-state index is 11.6. The smallest absolute Gasteiger partial charge is 0.549 e. The predicted octanol–water partition coefficient (Wildman–Crippen LogP) is -0.0738. The number of allylic oxidation sites excluding steroid dienone is 2. The van der Waals surface area contributed by atoms with E-state index >= 15 is 0 Å². The Kier molecular flexibility index (Phi) is 22.1. The summed E-state index contributed by atoms with van der Waals surface area (Å²) in [5.74, 6) is -3.65. The van der Waals surface area contributed by atoms with Gasteiger partial charge in [0.25, 0.3) is 0 Å². The molecule has 0 aliphatic rings. The van der Waals surface area contributed by atoms with Crippen molar-refractivity contribution in [2.45, 2.75) is 96.5 Å². The largest absolute Gasteiger partial charge is 1.00 e. The Morgan fingerprint density at radius 3 is 1.85 bits per heavy atom. The van der Waals surface area contributed by atoms with E-state index in [1.54, 1.807) is 0 Å². The Morgan fingerprint density at radius 1 is 0.889 bits per heavy atom. The SMILES string of the molecule is CCCCCCCC/C=C\CCCCCCC(C(=O)[O-])C(=O)C(O)CO.[Na+]. The van der Waals surface area contributed by atoms with E-state index < -0.39 is 30.4 Å². The van der Waals surface area contributed by atoms with E-state index in [2.05, 4.69) is 19.1 Å². The Bertz CT molecular complexity index is 398. The zero-order valence-electron chi connectivity index (χ0n) is 17.3. The standard InChI is InChI=1S/C21H38O5.Na/c1-2-3-4-5-6-7-8-9-10-11-12-13-14-15-16-18(21(25)26)20(24)19(23)17-22;/h9-10,18-19,22-23H,2-8,11-17H2,1H3,(H,25,26);/q;+1/p-1/b10-9-;. The van der Waals surface area contributed by atoms with Crippen LogP contribution < -0.4 is 34.7 Å². The van der Waals surface area contributed by atoms with E-state index in [4.69, 9.17) is 5.11 Å². The predicted molar refractivity (Wildman–Crippen MR) is 101 cm³/mol. The molecule has 27 heavy (non-hydrogen) atoms. The van der Waals surface area contributed by atoms with Crippen LogP contribution in [0.5, 0.6) is 0 Å². The van der Waals surface area contributed by atoms with Gasteiger partial charge in [-0.15, -0.1) is 0 Å². The van der Waals surface area contributed by atoms with Crippen molar-refractivity contribution in [3.05, 3.63) is 12.2 Å². The third-order valence-electron chi connectivity index (χ3n) is 4.63. The van der Waals surface area contributed by atoms with Crippen LogP contribution in [0, 0.1) is 5.92 Å². The number of hydrogen-bond donors (Lipinski definition) is 2. The van der Waals surface area contributed by atoms with E-state index in [-0.39, 0.29) is 36.0 Å². The molecular formula is C21H37NaO5. The summed E-state index contributed by atoms with van der Waals surface area (Å²) < 4.78 is 0. The molecule has 2 unspecified atom stereocenters. The Morgan fingerprint density at radius 2 is 1.37 bits per heavy atom. The molecule has 152 valence electrons. The number of carboxylic acid groups (broad SMARTS) is 1. The second-order valence-corrected chi connectivity index (χ2v) is 6.99. The summed E-state index contributed by atoms with van der Waals surface area (Å²) in [6.07, 6.45) is 16.6. The number of ketones is 1. The van der Waals surface area contributed by atoms with Gasteiger partial charge in [-0.25, -0.2) is 0 Å². The van der Waals surface area contributed by atoms with Crippen LogP contribution in [-0.2, 0) is 9.59 Å². The minimum Gasteiger partial charge on any atom is -0.549 e. The fourth-order valence-electron chi connectivity index (χ4n) is 2.94. The van der Waals surface area contributed by atoms with Crippen molar-refractivity contribution in [2.24, 2.45) is 5.92 Å². The van der Waals surface area contributed by atoms with Gasteiger partial charge >= 0.3 is 29.6 Å². The van der Waals surface area contributed by atoms with Crippen molar-refractivity contribution in [1.82, 2.24) is 0 Å². The van der Waals surface area contributed by atoms with Crippen LogP contribution in [-0.4, -0.2) is 34.7 Å². The number of carbonyl (C=O) groups is 2. The van der Waals surface area contributed by atoms with Gasteiger partial charge in [0.1, 0.15) is 6.10 Å². The van der Waals surface area contributed by atoms with Gasteiger partial charge in [0, 0.05) is 0 Å². The van der Waals surface area contributed by atoms with E-state index in [0.29, 0.717) is 6.42 Å². The van der Waals surface area contributed by atoms with Crippen LogP contribution >= 0.6 is 0 Å². The van der Waals surface area contributed by atoms with Crippen LogP contribution in [0.4, 0.5) is 0 Å². The molecule has 5 nitrogen and oxygen atoms in total. The van der Waals surface area contributed by atoms with E-state index in [9.17, 15) is 19.8 Å². The number of Topliss-reactive ketones (excluding diaryl/α,β-unsaturated/α-hetero) is 1. The van der Waals surface area contributed by atoms with Gasteiger partial charge in [0.15, 0.2) is 5.78 Å². The first kappa shape index (κ1) is 29.0. The third-order valence-corrected chi connectivity index (χ3v) is 4.63. The first-order valence-corrected chi connectivity index (χ1v) is 10.2. The first-order chi connectivity index (χ1) is 12.5. The quantitative estimate of drug-likeness (QED) is 0.147. The Hall–Kier alpha value is -0.200. The van der Waals surface area contributed by atoms with Crippen LogP contribution in [0.1, 0.15) is 90.4 Å². The second-order valence-electron chi connectivity index (χ2n) is 6.99. The second kappa shape index (κ2) is 20.5. The molecule has 0 bridgehead atoms. The van der Waals surface area contributed by atoms with E-state index in [1.165, 1.54) is 38.5 Å². The van der Waals surface area contributed by atoms with Gasteiger partial charge < -0.3 is 20.1 Å². The average molecular weight is 393 g/mol. The van der Waals surface area contributed by atoms with Gasteiger partial charge in [-0.1, -0.05) is 70.4 Å². The normalized spacial score (nSPS) is 13.3. The number of carbonyl (C=O) groups excluding carboxylic acids is 2. The first-order valence-electron chi connectivity index (χ1n) is 10.2. The summed E-state index contributed by atoms with van der Waals surface area (Å²) in [6.45, 7) is 1.47. The Balaban J connectivity index is 0. The number of rotatable bonds is 18. The van der Waals surface area contributed by atoms with Crippen molar-refractivity contribution >= 4 is 11.8 Å². The fraction of sp³-hybridized carbons (Fsp3) is 0.810. The summed E-state index contributed by atoms with van der Waals surface area (Å²) in [5, 5.41) is 29.0. The van der Waals surface area contributed by atoms with Crippen molar-refractivity contribution in [3.63, 3.8) is 0 Å². The summed E-state index contributed by atoms with van der Waals surface area (Å²) in [7, 11) is 0. The summed E-state index contributed by atoms with van der Waals surface area (Å²) >= 11 is 0. The summed E-state index contributed by atoms with van der Waals surface area (Å²) in [6, 6.07) is 0. The topological polar surface area (TPSA) is 97.7 Å². The van der Waals surface area contributed by atoms with Crippen molar-refractivity contribution < 1.29 is 54.5 Å². The van der Waals surface area contributed by atoms with Crippen LogP contribution in [0.3, 0.4) is 0 Å². The van der Waals surface area contributed by atoms with Gasteiger partial charge in [-0.2, -0.15) is 0 Å². The molecule has 0 aromatic heterocycles. The molecular weight excluding hydrogens is 355 g/mol. The number of aliphatic carboxylic acids is 1. The zero-order chi connectivity index (χ0) is 19.6. The molecule has 6 heteroatoms. The molecule has 0 saturated carbocycles. The van der Waals surface area contributed by atoms with Crippen LogP contribution in [0.2, 0.25) is 0 Å². The molecule has 0 fully saturated rings. The van der Waals surface area contributed by atoms with Crippen molar-refractivity contribution in [1.29, 1.82) is 0 Å². The Labute approximate surface area is 186 Å². The van der Waals surface area contributed by atoms with Crippen LogP contribution in [0.25, 0.3) is 0 Å². The molecule has 0 radical (unpaired) electrons. The molecule has 0 rings (SSSR count). The van der Waals surface area contributed by atoms with E-state index in [0.717, 1.165) is 32.1 Å². The molecule has 0 aromatic rings. The molecule has 2 N–H and O–H groups in total. The van der Waals surface area contributed by atoms with Crippen molar-refractivity contribution in [2.75, 3.05) is 6.61 Å². The minimum absolute atomic E-state index is 0. The zero-order valence-corrected chi connectivity index (χ0v) is 19.3. The number of hydrogen-bond acceptors (Lipinski definition) is 5. The van der Waals surface area contributed by atoms with Gasteiger partial charge in [0.05, 0.1) is 18.5 Å². The van der Waals surface area contributed by atoms with E-state index in [1.807, 2.05) is 0 Å². The average Bonchev–Trinajstić information content (AvgIpc) is 2.63. The molecule has 0 heterocycles. The molecule has 0 saturated heterocycles. The number of aliphatic hydroxyl groups excluding tert-OH is 2. The van der Waals surface area contributed by atoms with Gasteiger partial charge in [-0.05, 0) is 32.1 Å². The summed E-state index contributed by atoms with van der Waals surface area (Å²) in [5.41, 5.74) is 0. The van der Waals surface area contributed by atoms with Gasteiger partial charge in [-0.3, -0.25) is 4.79 Å². The molecule has 2 atom stereocenters. The molecule has 0 aliphatic carbocycles. The third kappa shape index (κ3) is 16.5. The monoisotopic (exact) mass is 392 g/mol. The van der Waals surface area contributed by atoms with Crippen LogP contribution in [0.15, 0.2) is 12.2 Å². The number of aliphatic hydroxyl groups is 2. The number of unbranched alkanes of at least 4 members (excludes halogenated alkanes) is 10. The van der Waals surface area contributed by atoms with Crippen molar-refractivity contribution in [3.8, 4) is 0 Å². The molecule has 0 aliphatic heterocycles.